The van der Waals surface area contributed by atoms with E-state index in [9.17, 15) is 15.2 Å². The van der Waals surface area contributed by atoms with Crippen molar-refractivity contribution in [1.82, 2.24) is 14.9 Å². The van der Waals surface area contributed by atoms with E-state index in [2.05, 4.69) is 15.3 Å². The summed E-state index contributed by atoms with van der Waals surface area (Å²) in [6.07, 6.45) is 1.42. The van der Waals surface area contributed by atoms with Gasteiger partial charge in [0.2, 0.25) is 9.93 Å². The van der Waals surface area contributed by atoms with E-state index in [-0.39, 0.29) is 5.69 Å². The summed E-state index contributed by atoms with van der Waals surface area (Å²) < 4.78 is 1.76. The minimum Gasteiger partial charge on any atom is -0.502 e. The zero-order valence-corrected chi connectivity index (χ0v) is 14.9. The summed E-state index contributed by atoms with van der Waals surface area (Å²) in [7, 11) is 0. The lowest BCUT2D eigenvalue weighted by Gasteiger charge is -2.01. The minimum atomic E-state index is -0.655. The van der Waals surface area contributed by atoms with Gasteiger partial charge >= 0.3 is 5.69 Å². The first-order valence-electron chi connectivity index (χ1n) is 7.40. The summed E-state index contributed by atoms with van der Waals surface area (Å²) in [5, 5.41) is 32.0. The summed E-state index contributed by atoms with van der Waals surface area (Å²) in [5.41, 5.74) is 1.20. The first-order chi connectivity index (χ1) is 12.5. The molecule has 1 aromatic heterocycles. The van der Waals surface area contributed by atoms with E-state index in [4.69, 9.17) is 12.2 Å². The fourth-order valence-electron chi connectivity index (χ4n) is 2.09. The molecule has 26 heavy (non-hydrogen) atoms. The number of H-pyrrole nitrogens is 1. The van der Waals surface area contributed by atoms with E-state index >= 15 is 0 Å². The van der Waals surface area contributed by atoms with Crippen molar-refractivity contribution in [3.8, 4) is 5.75 Å². The summed E-state index contributed by atoms with van der Waals surface area (Å²) in [4.78, 5) is 10.2. The van der Waals surface area contributed by atoms with Crippen molar-refractivity contribution < 1.29 is 10.0 Å². The molecular formula is C16H13N5O3S2. The highest BCUT2D eigenvalue weighted by atomic mass is 32.2. The van der Waals surface area contributed by atoms with Gasteiger partial charge in [-0.2, -0.15) is 9.78 Å². The molecule has 0 atom stereocenters. The van der Waals surface area contributed by atoms with Gasteiger partial charge in [0.05, 0.1) is 11.1 Å². The number of aromatic nitrogens is 3. The Morgan fingerprint density at radius 3 is 2.85 bits per heavy atom. The predicted molar refractivity (Wildman–Crippen MR) is 101 cm³/mol. The number of nitro benzene ring substituents is 1. The zero-order valence-electron chi connectivity index (χ0n) is 13.3. The molecule has 0 radical (unpaired) electrons. The fraction of sp³-hybridized carbons (Fsp3) is 0.0625. The van der Waals surface area contributed by atoms with Crippen LogP contribution in [0.1, 0.15) is 11.1 Å². The van der Waals surface area contributed by atoms with Crippen molar-refractivity contribution in [3.63, 3.8) is 0 Å². The van der Waals surface area contributed by atoms with Crippen molar-refractivity contribution in [2.75, 3.05) is 0 Å². The van der Waals surface area contributed by atoms with Gasteiger partial charge in [-0.25, -0.2) is 5.10 Å². The number of nitrogens with zero attached hydrogens (tertiary/aromatic N) is 4. The normalized spacial score (nSPS) is 11.1. The topological polar surface area (TPSA) is 109 Å². The summed E-state index contributed by atoms with van der Waals surface area (Å²) in [5.74, 6) is 0.298. The number of hydrogen-bond donors (Lipinski definition) is 2. The molecule has 1 heterocycles. The van der Waals surface area contributed by atoms with E-state index in [0.717, 1.165) is 5.56 Å². The van der Waals surface area contributed by atoms with Crippen LogP contribution in [-0.2, 0) is 5.75 Å². The van der Waals surface area contributed by atoms with Crippen LogP contribution >= 0.6 is 24.0 Å². The first kappa shape index (κ1) is 17.8. The van der Waals surface area contributed by atoms with E-state index in [1.807, 2.05) is 30.3 Å². The third kappa shape index (κ3) is 4.16. The molecule has 2 aromatic carbocycles. The van der Waals surface area contributed by atoms with Gasteiger partial charge in [-0.3, -0.25) is 10.1 Å². The predicted octanol–water partition coefficient (Wildman–Crippen LogP) is 3.73. The molecule has 0 aliphatic rings. The lowest BCUT2D eigenvalue weighted by molar-refractivity contribution is -0.385. The third-order valence-corrected chi connectivity index (χ3v) is 4.61. The van der Waals surface area contributed by atoms with Crippen molar-refractivity contribution in [2.45, 2.75) is 10.9 Å². The van der Waals surface area contributed by atoms with E-state index in [1.54, 1.807) is 0 Å². The van der Waals surface area contributed by atoms with Gasteiger partial charge in [0, 0.05) is 17.4 Å². The number of nitro groups is 1. The van der Waals surface area contributed by atoms with E-state index in [0.29, 0.717) is 21.2 Å². The number of phenolic OH excluding ortho intramolecular Hbond substituents is 1. The van der Waals surface area contributed by atoms with Crippen LogP contribution in [0.2, 0.25) is 0 Å². The maximum Gasteiger partial charge on any atom is 0.311 e. The molecule has 132 valence electrons. The van der Waals surface area contributed by atoms with Crippen molar-refractivity contribution in [2.24, 2.45) is 5.10 Å². The smallest absolute Gasteiger partial charge is 0.311 e. The lowest BCUT2D eigenvalue weighted by Crippen LogP contribution is -1.95. The molecule has 8 nitrogen and oxygen atoms in total. The summed E-state index contributed by atoms with van der Waals surface area (Å²) in [6, 6.07) is 13.9. The van der Waals surface area contributed by atoms with Crippen LogP contribution in [-0.4, -0.2) is 31.1 Å². The van der Waals surface area contributed by atoms with Gasteiger partial charge in [-0.1, -0.05) is 42.1 Å². The van der Waals surface area contributed by atoms with Gasteiger partial charge in [-0.05, 0) is 29.9 Å². The number of rotatable bonds is 6. The second kappa shape index (κ2) is 7.93. The van der Waals surface area contributed by atoms with Gasteiger partial charge in [0.25, 0.3) is 0 Å². The summed E-state index contributed by atoms with van der Waals surface area (Å²) in [6.45, 7) is 0. The molecule has 10 heteroatoms. The van der Waals surface area contributed by atoms with Crippen LogP contribution in [0, 0.1) is 14.9 Å². The molecular weight excluding hydrogens is 374 g/mol. The molecule has 0 aliphatic heterocycles. The highest BCUT2D eigenvalue weighted by Crippen LogP contribution is 2.26. The molecule has 0 bridgehead atoms. The van der Waals surface area contributed by atoms with Crippen LogP contribution in [0.4, 0.5) is 5.69 Å². The molecule has 3 rings (SSSR count). The van der Waals surface area contributed by atoms with E-state index in [1.165, 1.54) is 40.9 Å². The van der Waals surface area contributed by atoms with Crippen molar-refractivity contribution in [3.05, 3.63) is 74.5 Å². The summed E-state index contributed by atoms with van der Waals surface area (Å²) >= 11 is 6.64. The SMILES string of the molecule is O=[N+]([O-])c1cc(/C=N/n2c(SCc3ccccc3)n[nH]c2=S)ccc1O. The van der Waals surface area contributed by atoms with Crippen LogP contribution in [0.5, 0.6) is 5.75 Å². The molecule has 2 N–H and O–H groups in total. The van der Waals surface area contributed by atoms with Crippen LogP contribution in [0.15, 0.2) is 58.8 Å². The van der Waals surface area contributed by atoms with Crippen LogP contribution in [0.25, 0.3) is 0 Å². The Bertz CT molecular complexity index is 1010. The lowest BCUT2D eigenvalue weighted by atomic mass is 10.2. The number of thioether (sulfide) groups is 1. The van der Waals surface area contributed by atoms with Crippen LogP contribution in [0.3, 0.4) is 0 Å². The second-order valence-corrected chi connectivity index (χ2v) is 6.48. The second-order valence-electron chi connectivity index (χ2n) is 5.15. The molecule has 0 amide bonds. The van der Waals surface area contributed by atoms with Gasteiger partial charge < -0.3 is 5.11 Å². The quantitative estimate of drug-likeness (QED) is 0.219. The molecule has 0 fully saturated rings. The highest BCUT2D eigenvalue weighted by Gasteiger charge is 2.13. The number of aromatic hydroxyl groups is 1. The Morgan fingerprint density at radius 2 is 2.12 bits per heavy atom. The molecule has 0 saturated heterocycles. The first-order valence-corrected chi connectivity index (χ1v) is 8.80. The van der Waals surface area contributed by atoms with Gasteiger partial charge in [0.1, 0.15) is 0 Å². The van der Waals surface area contributed by atoms with Crippen molar-refractivity contribution >= 4 is 35.9 Å². The fourth-order valence-corrected chi connectivity index (χ4v) is 3.18. The monoisotopic (exact) mass is 387 g/mol. The molecule has 0 saturated carbocycles. The maximum atomic E-state index is 10.9. The highest BCUT2D eigenvalue weighted by molar-refractivity contribution is 7.98. The third-order valence-electron chi connectivity index (χ3n) is 3.35. The Kier molecular flexibility index (Phi) is 5.44. The number of phenols is 1. The molecule has 0 aliphatic carbocycles. The Balaban J connectivity index is 1.81. The minimum absolute atomic E-state index is 0.310. The van der Waals surface area contributed by atoms with E-state index < -0.39 is 10.7 Å². The number of aromatic amines is 1. The zero-order chi connectivity index (χ0) is 18.5. The molecule has 0 unspecified atom stereocenters. The Hall–Kier alpha value is -2.98. The molecule has 3 aromatic rings. The number of nitrogens with one attached hydrogen (secondary N) is 1. The van der Waals surface area contributed by atoms with Crippen LogP contribution < -0.4 is 0 Å². The largest absolute Gasteiger partial charge is 0.502 e. The average molecular weight is 387 g/mol. The Morgan fingerprint density at radius 1 is 1.35 bits per heavy atom. The standard InChI is InChI=1S/C16H13N5O3S2/c22-14-7-6-12(8-13(14)21(23)24)9-17-20-15(25)18-19-16(20)26-10-11-4-2-1-3-5-11/h1-9,22H,10H2,(H,18,25)/b17-9+. The van der Waals surface area contributed by atoms with Crippen molar-refractivity contribution in [1.29, 1.82) is 0 Å². The number of benzene rings is 2. The average Bonchev–Trinajstić information content (AvgIpc) is 2.99. The Labute approximate surface area is 157 Å². The number of hydrogen-bond acceptors (Lipinski definition) is 7. The van der Waals surface area contributed by atoms with Gasteiger partial charge in [-0.15, -0.1) is 5.10 Å². The van der Waals surface area contributed by atoms with Gasteiger partial charge in [0.15, 0.2) is 5.75 Å². The maximum absolute atomic E-state index is 10.9. The molecule has 0 spiro atoms.